The van der Waals surface area contributed by atoms with Gasteiger partial charge < -0.3 is 19.4 Å². The first-order valence-corrected chi connectivity index (χ1v) is 11.1. The molecule has 3 rings (SSSR count). The van der Waals surface area contributed by atoms with Crippen molar-refractivity contribution in [2.75, 3.05) is 6.61 Å². The van der Waals surface area contributed by atoms with Gasteiger partial charge in [-0.3, -0.25) is 4.57 Å². The molecule has 0 radical (unpaired) electrons. The second kappa shape index (κ2) is 11.3. The van der Waals surface area contributed by atoms with Crippen molar-refractivity contribution in [2.45, 2.75) is 89.6 Å². The largest absolute Gasteiger partial charge is 0.429 e. The van der Waals surface area contributed by atoms with Crippen LogP contribution in [0.3, 0.4) is 0 Å². The quantitative estimate of drug-likeness (QED) is 0.454. The second-order valence-corrected chi connectivity index (χ2v) is 7.94. The number of ether oxygens (including phenoxy) is 1. The van der Waals surface area contributed by atoms with E-state index in [0.29, 0.717) is 11.1 Å². The third-order valence-electron chi connectivity index (χ3n) is 5.50. The highest BCUT2D eigenvalue weighted by Gasteiger charge is 2.35. The summed E-state index contributed by atoms with van der Waals surface area (Å²) in [5.74, 6) is 6.63. The van der Waals surface area contributed by atoms with E-state index in [9.17, 15) is 15.0 Å². The van der Waals surface area contributed by atoms with E-state index < -0.39 is 24.1 Å². The van der Waals surface area contributed by atoms with Crippen molar-refractivity contribution in [1.29, 1.82) is 0 Å². The van der Waals surface area contributed by atoms with Crippen molar-refractivity contribution >= 4 is 11.1 Å². The molecule has 0 unspecified atom stereocenters. The molecule has 1 aliphatic rings. The number of aliphatic hydroxyl groups is 2. The van der Waals surface area contributed by atoms with Gasteiger partial charge in [0.05, 0.1) is 18.1 Å². The normalized spacial score (nSPS) is 21.1. The third-order valence-corrected chi connectivity index (χ3v) is 5.50. The first-order valence-electron chi connectivity index (χ1n) is 11.1. The Bertz CT molecular complexity index is 923. The highest BCUT2D eigenvalue weighted by atomic mass is 16.5. The van der Waals surface area contributed by atoms with Crippen LogP contribution in [-0.4, -0.2) is 38.6 Å². The van der Waals surface area contributed by atoms with Gasteiger partial charge in [0.2, 0.25) is 5.71 Å². The van der Waals surface area contributed by atoms with E-state index in [1.165, 1.54) is 49.5 Å². The molecule has 7 heteroatoms. The maximum Gasteiger partial charge on any atom is 0.353 e. The molecule has 7 nitrogen and oxygen atoms in total. The molecule has 2 aromatic rings. The lowest BCUT2D eigenvalue weighted by atomic mass is 10.1. The van der Waals surface area contributed by atoms with Crippen molar-refractivity contribution in [3.63, 3.8) is 0 Å². The van der Waals surface area contributed by atoms with E-state index in [1.807, 2.05) is 0 Å². The number of hydrogen-bond donors (Lipinski definition) is 2. The van der Waals surface area contributed by atoms with Gasteiger partial charge >= 0.3 is 5.69 Å². The number of nitrogens with zero attached hydrogens (tertiary/aromatic N) is 2. The number of unbranched alkanes of at least 4 members (excludes halogenated alkanes) is 8. The Balaban J connectivity index is 1.53. The SMILES string of the molecule is CCCCCCCCCCC#Cc1cc2cn([C@H]3C[C@H](O)[C@@H](CO)O3)c(=O)nc2o1. The summed E-state index contributed by atoms with van der Waals surface area (Å²) in [4.78, 5) is 16.3. The fraction of sp³-hybridized carbons (Fsp3) is 0.652. The van der Waals surface area contributed by atoms with E-state index in [2.05, 4.69) is 23.7 Å². The van der Waals surface area contributed by atoms with Gasteiger partial charge in [-0.25, -0.2) is 4.79 Å². The minimum atomic E-state index is -0.815. The van der Waals surface area contributed by atoms with Crippen molar-refractivity contribution in [2.24, 2.45) is 0 Å². The molecule has 0 spiro atoms. The number of aromatic nitrogens is 2. The minimum absolute atomic E-state index is 0.224. The average Bonchev–Trinajstić information content (AvgIpc) is 3.30. The van der Waals surface area contributed by atoms with E-state index >= 15 is 0 Å². The monoisotopic (exact) mass is 416 g/mol. The molecular weight excluding hydrogens is 384 g/mol. The number of furan rings is 1. The summed E-state index contributed by atoms with van der Waals surface area (Å²) >= 11 is 0. The third kappa shape index (κ3) is 5.94. The molecule has 2 aromatic heterocycles. The number of fused-ring (bicyclic) bond motifs is 1. The fourth-order valence-electron chi connectivity index (χ4n) is 3.74. The molecule has 3 atom stereocenters. The van der Waals surface area contributed by atoms with Crippen LogP contribution in [0.5, 0.6) is 0 Å². The Morgan fingerprint density at radius 2 is 1.93 bits per heavy atom. The van der Waals surface area contributed by atoms with E-state index in [4.69, 9.17) is 9.15 Å². The Labute approximate surface area is 177 Å². The van der Waals surface area contributed by atoms with E-state index in [1.54, 1.807) is 12.3 Å². The molecule has 0 saturated carbocycles. The molecule has 0 aromatic carbocycles. The van der Waals surface area contributed by atoms with Crippen LogP contribution in [0, 0.1) is 11.8 Å². The summed E-state index contributed by atoms with van der Waals surface area (Å²) in [6.45, 7) is 1.93. The topological polar surface area (TPSA) is 97.7 Å². The van der Waals surface area contributed by atoms with E-state index in [-0.39, 0.29) is 18.7 Å². The molecule has 0 bridgehead atoms. The Hall–Kier alpha value is -2.14. The minimum Gasteiger partial charge on any atom is -0.429 e. The maximum absolute atomic E-state index is 12.3. The second-order valence-electron chi connectivity index (χ2n) is 7.94. The first kappa shape index (κ1) is 22.5. The van der Waals surface area contributed by atoms with Gasteiger partial charge in [-0.05, 0) is 12.3 Å². The molecular formula is C23H32N2O5. The lowest BCUT2D eigenvalue weighted by Gasteiger charge is -2.13. The van der Waals surface area contributed by atoms with Gasteiger partial charge in [0.25, 0.3) is 0 Å². The molecule has 1 aliphatic heterocycles. The molecule has 1 fully saturated rings. The number of hydrogen-bond acceptors (Lipinski definition) is 6. The molecule has 3 heterocycles. The summed E-state index contributed by atoms with van der Waals surface area (Å²) in [6, 6.07) is 1.76. The van der Waals surface area contributed by atoms with Gasteiger partial charge in [0, 0.05) is 25.1 Å². The summed E-state index contributed by atoms with van der Waals surface area (Å²) in [5, 5.41) is 19.8. The predicted molar refractivity (Wildman–Crippen MR) is 114 cm³/mol. The van der Waals surface area contributed by atoms with Crippen molar-refractivity contribution in [3.05, 3.63) is 28.5 Å². The summed E-state index contributed by atoms with van der Waals surface area (Å²) in [7, 11) is 0. The highest BCUT2D eigenvalue weighted by molar-refractivity contribution is 5.73. The molecule has 30 heavy (non-hydrogen) atoms. The van der Waals surface area contributed by atoms with Crippen LogP contribution in [0.2, 0.25) is 0 Å². The molecule has 2 N–H and O–H groups in total. The maximum atomic E-state index is 12.3. The zero-order valence-corrected chi connectivity index (χ0v) is 17.7. The zero-order chi connectivity index (χ0) is 21.3. The first-order chi connectivity index (χ1) is 14.6. The van der Waals surface area contributed by atoms with Crippen molar-refractivity contribution in [3.8, 4) is 11.8 Å². The molecule has 0 amide bonds. The van der Waals surface area contributed by atoms with Gasteiger partial charge in [-0.2, -0.15) is 4.98 Å². The Morgan fingerprint density at radius 1 is 1.20 bits per heavy atom. The fourth-order valence-corrected chi connectivity index (χ4v) is 3.74. The van der Waals surface area contributed by atoms with Crippen LogP contribution in [0.25, 0.3) is 11.1 Å². The van der Waals surface area contributed by atoms with Crippen LogP contribution in [0.15, 0.2) is 21.5 Å². The average molecular weight is 417 g/mol. The smallest absolute Gasteiger partial charge is 0.353 e. The Kier molecular flexibility index (Phi) is 8.50. The predicted octanol–water partition coefficient (Wildman–Crippen LogP) is 3.51. The summed E-state index contributed by atoms with van der Waals surface area (Å²) in [5.41, 5.74) is -0.282. The Morgan fingerprint density at radius 3 is 2.63 bits per heavy atom. The van der Waals surface area contributed by atoms with E-state index in [0.717, 1.165) is 12.8 Å². The lowest BCUT2D eigenvalue weighted by molar-refractivity contribution is -0.0457. The van der Waals surface area contributed by atoms with Gasteiger partial charge in [0.1, 0.15) is 12.3 Å². The molecule has 1 saturated heterocycles. The van der Waals surface area contributed by atoms with Gasteiger partial charge in [-0.15, -0.1) is 0 Å². The number of aliphatic hydroxyl groups excluding tert-OH is 2. The van der Waals surface area contributed by atoms with Crippen LogP contribution < -0.4 is 5.69 Å². The molecule has 0 aliphatic carbocycles. The van der Waals surface area contributed by atoms with Crippen LogP contribution in [-0.2, 0) is 4.74 Å². The summed E-state index contributed by atoms with van der Waals surface area (Å²) < 4.78 is 12.5. The molecule has 164 valence electrons. The van der Waals surface area contributed by atoms with Crippen LogP contribution in [0.1, 0.15) is 83.1 Å². The van der Waals surface area contributed by atoms with Gasteiger partial charge in [-0.1, -0.05) is 57.8 Å². The number of rotatable bonds is 10. The van der Waals surface area contributed by atoms with Crippen LogP contribution in [0.4, 0.5) is 0 Å². The standard InChI is InChI=1S/C23H32N2O5/c1-2-3-4-5-6-7-8-9-10-11-12-18-13-17-15-25(23(28)24-22(17)29-18)21-14-19(27)20(16-26)30-21/h13,15,19-21,26-27H,2-10,14,16H2,1H3/t19-,20+,21+/m0/s1. The van der Waals surface area contributed by atoms with Gasteiger partial charge in [0.15, 0.2) is 5.76 Å². The lowest BCUT2D eigenvalue weighted by Crippen LogP contribution is -2.27. The highest BCUT2D eigenvalue weighted by Crippen LogP contribution is 2.28. The van der Waals surface area contributed by atoms with Crippen LogP contribution >= 0.6 is 0 Å². The van der Waals surface area contributed by atoms with Crippen molar-refractivity contribution in [1.82, 2.24) is 9.55 Å². The summed E-state index contributed by atoms with van der Waals surface area (Å²) in [6.07, 6.45) is 10.6. The van der Waals surface area contributed by atoms with Crippen molar-refractivity contribution < 1.29 is 19.4 Å². The zero-order valence-electron chi connectivity index (χ0n) is 17.7.